The van der Waals surface area contributed by atoms with Crippen molar-refractivity contribution < 1.29 is 0 Å². The van der Waals surface area contributed by atoms with Crippen LogP contribution < -0.4 is 11.1 Å². The standard InChI is InChI=1S/C11H7N3O2/c12-7-8-2-1-3-9(6-8)14-11(16)5-4-10(15)13-14/h1-6H,(H,13,15). The summed E-state index contributed by atoms with van der Waals surface area (Å²) < 4.78 is 1.10. The van der Waals surface area contributed by atoms with Gasteiger partial charge in [-0.3, -0.25) is 14.7 Å². The number of rotatable bonds is 1. The summed E-state index contributed by atoms with van der Waals surface area (Å²) in [5.41, 5.74) is 0.160. The molecule has 0 amide bonds. The highest BCUT2D eigenvalue weighted by Gasteiger charge is 2.00. The summed E-state index contributed by atoms with van der Waals surface area (Å²) in [7, 11) is 0. The van der Waals surface area contributed by atoms with E-state index >= 15 is 0 Å². The second-order valence-electron chi connectivity index (χ2n) is 3.15. The SMILES string of the molecule is N#Cc1cccc(-n2[nH]c(=O)ccc2=O)c1. The van der Waals surface area contributed by atoms with Gasteiger partial charge in [0.15, 0.2) is 0 Å². The molecule has 0 fully saturated rings. The number of hydrogen-bond donors (Lipinski definition) is 1. The van der Waals surface area contributed by atoms with Crippen molar-refractivity contribution in [1.82, 2.24) is 9.78 Å². The van der Waals surface area contributed by atoms with E-state index in [1.165, 1.54) is 12.1 Å². The fourth-order valence-electron chi connectivity index (χ4n) is 1.33. The maximum atomic E-state index is 11.5. The van der Waals surface area contributed by atoms with E-state index in [0.717, 1.165) is 10.7 Å². The first-order valence-electron chi connectivity index (χ1n) is 4.53. The molecule has 78 valence electrons. The molecular formula is C11H7N3O2. The van der Waals surface area contributed by atoms with Crippen molar-refractivity contribution in [2.75, 3.05) is 0 Å². The fourth-order valence-corrected chi connectivity index (χ4v) is 1.33. The van der Waals surface area contributed by atoms with Crippen molar-refractivity contribution in [1.29, 1.82) is 5.26 Å². The number of aromatic amines is 1. The van der Waals surface area contributed by atoms with Gasteiger partial charge in [0.2, 0.25) is 0 Å². The van der Waals surface area contributed by atoms with E-state index in [4.69, 9.17) is 5.26 Å². The summed E-state index contributed by atoms with van der Waals surface area (Å²) in [5.74, 6) is 0. The average Bonchev–Trinajstić information content (AvgIpc) is 2.32. The van der Waals surface area contributed by atoms with E-state index in [1.807, 2.05) is 6.07 Å². The Bertz CT molecular complexity index is 676. The number of benzene rings is 1. The molecule has 1 aromatic heterocycles. The number of nitriles is 1. The number of hydrogen-bond acceptors (Lipinski definition) is 3. The maximum Gasteiger partial charge on any atom is 0.269 e. The summed E-state index contributed by atoms with van der Waals surface area (Å²) in [6, 6.07) is 10.7. The number of H-pyrrole nitrogens is 1. The summed E-state index contributed by atoms with van der Waals surface area (Å²) in [5, 5.41) is 11.1. The molecule has 1 aromatic carbocycles. The van der Waals surface area contributed by atoms with Gasteiger partial charge in [-0.25, -0.2) is 4.68 Å². The molecule has 0 bridgehead atoms. The number of nitrogens with one attached hydrogen (secondary N) is 1. The summed E-state index contributed by atoms with van der Waals surface area (Å²) in [6.45, 7) is 0. The quantitative estimate of drug-likeness (QED) is 0.744. The molecule has 16 heavy (non-hydrogen) atoms. The van der Waals surface area contributed by atoms with Crippen molar-refractivity contribution in [3.8, 4) is 11.8 Å². The minimum atomic E-state index is -0.373. The molecule has 0 spiro atoms. The average molecular weight is 213 g/mol. The Hall–Kier alpha value is -2.61. The minimum absolute atomic E-state index is 0.352. The molecule has 2 aromatic rings. The smallest absolute Gasteiger partial charge is 0.268 e. The van der Waals surface area contributed by atoms with Crippen LogP contribution in [0, 0.1) is 11.3 Å². The Morgan fingerprint density at radius 2 is 2.00 bits per heavy atom. The topological polar surface area (TPSA) is 78.7 Å². The Balaban J connectivity index is 2.68. The van der Waals surface area contributed by atoms with E-state index < -0.39 is 0 Å². The Morgan fingerprint density at radius 1 is 1.19 bits per heavy atom. The highest BCUT2D eigenvalue weighted by Crippen LogP contribution is 2.05. The minimum Gasteiger partial charge on any atom is -0.268 e. The van der Waals surface area contributed by atoms with Crippen LogP contribution in [0.15, 0.2) is 46.0 Å². The molecule has 1 heterocycles. The molecule has 5 nitrogen and oxygen atoms in total. The highest BCUT2D eigenvalue weighted by atomic mass is 16.1. The summed E-state index contributed by atoms with van der Waals surface area (Å²) >= 11 is 0. The van der Waals surface area contributed by atoms with E-state index in [0.29, 0.717) is 11.3 Å². The van der Waals surface area contributed by atoms with Crippen molar-refractivity contribution in [3.63, 3.8) is 0 Å². The molecule has 0 aliphatic heterocycles. The number of nitrogens with zero attached hydrogens (tertiary/aromatic N) is 2. The highest BCUT2D eigenvalue weighted by molar-refractivity contribution is 5.40. The molecule has 0 atom stereocenters. The van der Waals surface area contributed by atoms with Crippen LogP contribution in [0.25, 0.3) is 5.69 Å². The lowest BCUT2D eigenvalue weighted by molar-refractivity contribution is 0.785. The van der Waals surface area contributed by atoms with Gasteiger partial charge in [0, 0.05) is 12.1 Å². The predicted octanol–water partition coefficient (Wildman–Crippen LogP) is 0.397. The molecule has 0 unspecified atom stereocenters. The zero-order valence-electron chi connectivity index (χ0n) is 8.18. The lowest BCUT2D eigenvalue weighted by atomic mass is 10.2. The van der Waals surface area contributed by atoms with Gasteiger partial charge in [-0.15, -0.1) is 0 Å². The zero-order valence-corrected chi connectivity index (χ0v) is 8.18. The van der Waals surface area contributed by atoms with Crippen molar-refractivity contribution in [2.24, 2.45) is 0 Å². The third-order valence-electron chi connectivity index (χ3n) is 2.05. The second kappa shape index (κ2) is 3.87. The van der Waals surface area contributed by atoms with Crippen LogP contribution in [0.5, 0.6) is 0 Å². The predicted molar refractivity (Wildman–Crippen MR) is 57.4 cm³/mol. The first-order valence-corrected chi connectivity index (χ1v) is 4.53. The monoisotopic (exact) mass is 213 g/mol. The van der Waals surface area contributed by atoms with Gasteiger partial charge in [-0.1, -0.05) is 6.07 Å². The molecule has 2 rings (SSSR count). The largest absolute Gasteiger partial charge is 0.269 e. The molecular weight excluding hydrogens is 206 g/mol. The molecule has 0 aliphatic rings. The molecule has 0 saturated carbocycles. The molecule has 0 saturated heterocycles. The molecule has 0 radical (unpaired) electrons. The zero-order chi connectivity index (χ0) is 11.5. The second-order valence-corrected chi connectivity index (χ2v) is 3.15. The first kappa shape index (κ1) is 9.93. The molecule has 1 N–H and O–H groups in total. The Morgan fingerprint density at radius 3 is 2.75 bits per heavy atom. The van der Waals surface area contributed by atoms with Gasteiger partial charge in [-0.05, 0) is 18.2 Å². The van der Waals surface area contributed by atoms with Crippen LogP contribution in [0.1, 0.15) is 5.56 Å². The lowest BCUT2D eigenvalue weighted by Crippen LogP contribution is -2.26. The Labute approximate surface area is 90.2 Å². The summed E-state index contributed by atoms with van der Waals surface area (Å²) in [6.07, 6.45) is 0. The van der Waals surface area contributed by atoms with E-state index in [1.54, 1.807) is 18.2 Å². The summed E-state index contributed by atoms with van der Waals surface area (Å²) in [4.78, 5) is 22.6. The van der Waals surface area contributed by atoms with Crippen LogP contribution in [0.3, 0.4) is 0 Å². The maximum absolute atomic E-state index is 11.5. The van der Waals surface area contributed by atoms with Crippen LogP contribution in [0.4, 0.5) is 0 Å². The van der Waals surface area contributed by atoms with Crippen LogP contribution >= 0.6 is 0 Å². The van der Waals surface area contributed by atoms with Gasteiger partial charge in [0.1, 0.15) is 0 Å². The molecule has 5 heteroatoms. The molecule has 0 aliphatic carbocycles. The van der Waals surface area contributed by atoms with Crippen molar-refractivity contribution in [2.45, 2.75) is 0 Å². The lowest BCUT2D eigenvalue weighted by Gasteiger charge is -2.03. The van der Waals surface area contributed by atoms with Gasteiger partial charge in [-0.2, -0.15) is 5.26 Å². The van der Waals surface area contributed by atoms with Gasteiger partial charge >= 0.3 is 0 Å². The van der Waals surface area contributed by atoms with Crippen LogP contribution in [-0.4, -0.2) is 9.78 Å². The van der Waals surface area contributed by atoms with E-state index in [-0.39, 0.29) is 11.1 Å². The van der Waals surface area contributed by atoms with E-state index in [9.17, 15) is 9.59 Å². The van der Waals surface area contributed by atoms with E-state index in [2.05, 4.69) is 5.10 Å². The van der Waals surface area contributed by atoms with Crippen LogP contribution in [-0.2, 0) is 0 Å². The van der Waals surface area contributed by atoms with Gasteiger partial charge < -0.3 is 0 Å². The van der Waals surface area contributed by atoms with Crippen molar-refractivity contribution >= 4 is 0 Å². The van der Waals surface area contributed by atoms with Crippen molar-refractivity contribution in [3.05, 3.63) is 62.7 Å². The third-order valence-corrected chi connectivity index (χ3v) is 2.05. The van der Waals surface area contributed by atoms with Gasteiger partial charge in [0.25, 0.3) is 11.1 Å². The normalized spacial score (nSPS) is 9.69. The first-order chi connectivity index (χ1) is 7.70. The Kier molecular flexibility index (Phi) is 2.40. The van der Waals surface area contributed by atoms with Crippen LogP contribution in [0.2, 0.25) is 0 Å². The number of aromatic nitrogens is 2. The van der Waals surface area contributed by atoms with Gasteiger partial charge in [0.05, 0.1) is 17.3 Å². The fraction of sp³-hybridized carbons (Fsp3) is 0. The third kappa shape index (κ3) is 1.77.